The van der Waals surface area contributed by atoms with Crippen LogP contribution in [-0.2, 0) is 10.3 Å². The molecule has 1 atom stereocenters. The lowest BCUT2D eigenvalue weighted by Gasteiger charge is -2.46. The van der Waals surface area contributed by atoms with Crippen LogP contribution < -0.4 is 4.90 Å². The number of rotatable bonds is 3. The number of nitrogens with one attached hydrogen (secondary N) is 1. The maximum absolute atomic E-state index is 13.2. The summed E-state index contributed by atoms with van der Waals surface area (Å²) in [7, 11) is 3.51. The van der Waals surface area contributed by atoms with Gasteiger partial charge in [-0.1, -0.05) is 11.6 Å². The summed E-state index contributed by atoms with van der Waals surface area (Å²) in [5, 5.41) is 0.432. The van der Waals surface area contributed by atoms with Gasteiger partial charge in [-0.25, -0.2) is 4.98 Å². The van der Waals surface area contributed by atoms with Gasteiger partial charge in [0.25, 0.3) is 5.91 Å². The second-order valence-corrected chi connectivity index (χ2v) is 8.64. The van der Waals surface area contributed by atoms with E-state index in [0.29, 0.717) is 30.2 Å². The predicted octanol–water partition coefficient (Wildman–Crippen LogP) is 2.50. The Morgan fingerprint density at radius 3 is 2.87 bits per heavy atom. The molecule has 0 bridgehead atoms. The highest BCUT2D eigenvalue weighted by Crippen LogP contribution is 2.47. The number of nitrogens with zero attached hydrogens (tertiary/aromatic N) is 5. The molecular weight excluding hydrogens is 416 g/mol. The van der Waals surface area contributed by atoms with Gasteiger partial charge < -0.3 is 24.3 Å². The standard InChI is InChI=1S/C22H23ClN6O2/c1-26(2)19(30)13-29-16-5-3-8-24-20(16)28-9-4-6-17(28)22(29)7-10-27(14-22)21(31)15-11-18(23)25-12-15/h3-6,8-9,11-12,25H,7,10,13-14H2,1-2H3. The highest BCUT2D eigenvalue weighted by Gasteiger charge is 2.51. The number of carbonyl (C=O) groups is 2. The maximum Gasteiger partial charge on any atom is 0.255 e. The van der Waals surface area contributed by atoms with E-state index in [9.17, 15) is 9.59 Å². The molecule has 0 saturated carbocycles. The SMILES string of the molecule is CN(C)C(=O)CN1c2cccnc2-n2cccc2C12CCN(C(=O)c1c[nH]c(Cl)c1)C2. The first-order valence-electron chi connectivity index (χ1n) is 10.1. The Labute approximate surface area is 185 Å². The van der Waals surface area contributed by atoms with E-state index in [1.807, 2.05) is 29.3 Å². The molecule has 31 heavy (non-hydrogen) atoms. The molecular formula is C22H23ClN6O2. The van der Waals surface area contributed by atoms with Crippen molar-refractivity contribution >= 4 is 29.1 Å². The number of carbonyl (C=O) groups excluding carboxylic acids is 2. The van der Waals surface area contributed by atoms with Gasteiger partial charge in [-0.3, -0.25) is 9.59 Å². The molecule has 0 aliphatic carbocycles. The third-order valence-corrected chi connectivity index (χ3v) is 6.47. The average molecular weight is 439 g/mol. The quantitative estimate of drug-likeness (QED) is 0.681. The van der Waals surface area contributed by atoms with Crippen molar-refractivity contribution in [2.75, 3.05) is 38.6 Å². The molecule has 0 radical (unpaired) electrons. The van der Waals surface area contributed by atoms with E-state index in [0.717, 1.165) is 17.2 Å². The molecule has 5 heterocycles. The summed E-state index contributed by atoms with van der Waals surface area (Å²) in [5.41, 5.74) is 1.93. The van der Waals surface area contributed by atoms with Crippen LogP contribution >= 0.6 is 11.6 Å². The fourth-order valence-electron chi connectivity index (χ4n) is 4.68. The number of hydrogen-bond acceptors (Lipinski definition) is 4. The molecule has 0 aromatic carbocycles. The van der Waals surface area contributed by atoms with Gasteiger partial charge in [-0.15, -0.1) is 0 Å². The van der Waals surface area contributed by atoms with Crippen molar-refractivity contribution in [3.05, 3.63) is 65.3 Å². The molecule has 1 saturated heterocycles. The van der Waals surface area contributed by atoms with E-state index in [1.165, 1.54) is 0 Å². The minimum atomic E-state index is -0.527. The van der Waals surface area contributed by atoms with E-state index < -0.39 is 5.54 Å². The summed E-state index contributed by atoms with van der Waals surface area (Å²) in [6, 6.07) is 9.57. The molecule has 2 aliphatic heterocycles. The van der Waals surface area contributed by atoms with Crippen LogP contribution in [0.4, 0.5) is 5.69 Å². The number of aromatic nitrogens is 3. The van der Waals surface area contributed by atoms with E-state index in [4.69, 9.17) is 11.6 Å². The lowest BCUT2D eigenvalue weighted by atomic mass is 9.88. The number of fused-ring (bicyclic) bond motifs is 4. The molecule has 2 aliphatic rings. The van der Waals surface area contributed by atoms with Gasteiger partial charge in [-0.2, -0.15) is 0 Å². The molecule has 8 nitrogen and oxygen atoms in total. The van der Waals surface area contributed by atoms with Gasteiger partial charge in [0.05, 0.1) is 23.5 Å². The number of halogens is 1. The van der Waals surface area contributed by atoms with Gasteiger partial charge in [0.15, 0.2) is 5.82 Å². The van der Waals surface area contributed by atoms with Gasteiger partial charge in [-0.05, 0) is 36.8 Å². The molecule has 1 unspecified atom stereocenters. The number of amides is 2. The van der Waals surface area contributed by atoms with Crippen LogP contribution in [0.1, 0.15) is 22.5 Å². The van der Waals surface area contributed by atoms with Crippen LogP contribution in [0.2, 0.25) is 5.15 Å². The number of H-pyrrole nitrogens is 1. The number of likely N-dealkylation sites (N-methyl/N-ethyl adjacent to an activating group) is 1. The van der Waals surface area contributed by atoms with Crippen molar-refractivity contribution in [1.82, 2.24) is 24.3 Å². The van der Waals surface area contributed by atoms with E-state index in [2.05, 4.69) is 25.5 Å². The summed E-state index contributed by atoms with van der Waals surface area (Å²) in [5.74, 6) is 0.715. The van der Waals surface area contributed by atoms with Crippen LogP contribution in [0.3, 0.4) is 0 Å². The number of pyridine rings is 1. The predicted molar refractivity (Wildman–Crippen MR) is 118 cm³/mol. The molecule has 160 valence electrons. The van der Waals surface area contributed by atoms with E-state index in [-0.39, 0.29) is 18.4 Å². The Bertz CT molecular complexity index is 1170. The van der Waals surface area contributed by atoms with Gasteiger partial charge in [0, 0.05) is 45.8 Å². The molecule has 3 aromatic heterocycles. The number of aromatic amines is 1. The third kappa shape index (κ3) is 3.01. The van der Waals surface area contributed by atoms with Crippen molar-refractivity contribution in [3.8, 4) is 5.82 Å². The third-order valence-electron chi connectivity index (χ3n) is 6.25. The first-order valence-corrected chi connectivity index (χ1v) is 10.5. The highest BCUT2D eigenvalue weighted by molar-refractivity contribution is 6.29. The van der Waals surface area contributed by atoms with Crippen molar-refractivity contribution in [2.24, 2.45) is 0 Å². The van der Waals surface area contributed by atoms with Crippen LogP contribution in [0, 0.1) is 0 Å². The maximum atomic E-state index is 13.2. The van der Waals surface area contributed by atoms with E-state index >= 15 is 0 Å². The molecule has 3 aromatic rings. The Hall–Kier alpha value is -3.26. The van der Waals surface area contributed by atoms with Crippen LogP contribution in [0.25, 0.3) is 5.82 Å². The smallest absolute Gasteiger partial charge is 0.255 e. The largest absolute Gasteiger partial charge is 0.352 e. The fraction of sp³-hybridized carbons (Fsp3) is 0.318. The molecule has 1 N–H and O–H groups in total. The first kappa shape index (κ1) is 19.7. The molecule has 1 fully saturated rings. The minimum absolute atomic E-state index is 0.00335. The summed E-state index contributed by atoms with van der Waals surface area (Å²) in [4.78, 5) is 39.0. The number of anilines is 1. The van der Waals surface area contributed by atoms with Crippen LogP contribution in [0.15, 0.2) is 48.9 Å². The van der Waals surface area contributed by atoms with Crippen molar-refractivity contribution in [1.29, 1.82) is 0 Å². The van der Waals surface area contributed by atoms with Crippen molar-refractivity contribution in [3.63, 3.8) is 0 Å². The number of hydrogen-bond donors (Lipinski definition) is 1. The van der Waals surface area contributed by atoms with Crippen LogP contribution in [0.5, 0.6) is 0 Å². The zero-order chi connectivity index (χ0) is 21.8. The second kappa shape index (κ2) is 7.16. The molecule has 1 spiro atoms. The van der Waals surface area contributed by atoms with Crippen molar-refractivity contribution < 1.29 is 9.59 Å². The zero-order valence-corrected chi connectivity index (χ0v) is 18.1. The van der Waals surface area contributed by atoms with Gasteiger partial charge in [0.1, 0.15) is 10.7 Å². The Morgan fingerprint density at radius 2 is 2.13 bits per heavy atom. The van der Waals surface area contributed by atoms with E-state index in [1.54, 1.807) is 37.5 Å². The molecule has 2 amide bonds. The summed E-state index contributed by atoms with van der Waals surface area (Å²) in [6.45, 7) is 1.25. The second-order valence-electron chi connectivity index (χ2n) is 8.23. The molecule has 5 rings (SSSR count). The summed E-state index contributed by atoms with van der Waals surface area (Å²) in [6.07, 6.45) is 6.08. The monoisotopic (exact) mass is 438 g/mol. The average Bonchev–Trinajstić information content (AvgIpc) is 3.50. The summed E-state index contributed by atoms with van der Waals surface area (Å²) >= 11 is 5.98. The highest BCUT2D eigenvalue weighted by atomic mass is 35.5. The summed E-state index contributed by atoms with van der Waals surface area (Å²) < 4.78 is 2.08. The normalized spacial score (nSPS) is 19.5. The Kier molecular flexibility index (Phi) is 4.55. The Morgan fingerprint density at radius 1 is 1.29 bits per heavy atom. The zero-order valence-electron chi connectivity index (χ0n) is 17.4. The minimum Gasteiger partial charge on any atom is -0.352 e. The van der Waals surface area contributed by atoms with Crippen molar-refractivity contribution in [2.45, 2.75) is 12.0 Å². The first-order chi connectivity index (χ1) is 14.9. The number of likely N-dealkylation sites (tertiary alicyclic amines) is 1. The Balaban J connectivity index is 1.59. The topological polar surface area (TPSA) is 77.5 Å². The lowest BCUT2D eigenvalue weighted by molar-refractivity contribution is -0.127. The van der Waals surface area contributed by atoms with Gasteiger partial charge >= 0.3 is 0 Å². The fourth-order valence-corrected chi connectivity index (χ4v) is 4.85. The van der Waals surface area contributed by atoms with Gasteiger partial charge in [0.2, 0.25) is 5.91 Å². The van der Waals surface area contributed by atoms with Crippen LogP contribution in [-0.4, -0.2) is 69.9 Å². The molecule has 9 heteroatoms. The lowest BCUT2D eigenvalue weighted by Crippen LogP contribution is -2.55.